The van der Waals surface area contributed by atoms with Gasteiger partial charge in [0.2, 0.25) is 0 Å². The molecule has 3 aromatic carbocycles. The van der Waals surface area contributed by atoms with Crippen molar-refractivity contribution in [1.29, 1.82) is 0 Å². The zero-order chi connectivity index (χ0) is 21.6. The molecule has 0 saturated heterocycles. The third kappa shape index (κ3) is 4.72. The van der Waals surface area contributed by atoms with Gasteiger partial charge in [-0.3, -0.25) is 4.79 Å². The van der Waals surface area contributed by atoms with Gasteiger partial charge in [-0.1, -0.05) is 48.5 Å². The smallest absolute Gasteiger partial charge is 0.287 e. The summed E-state index contributed by atoms with van der Waals surface area (Å²) >= 11 is 0. The molecule has 0 aliphatic rings. The molecule has 0 saturated carbocycles. The van der Waals surface area contributed by atoms with Gasteiger partial charge in [0.05, 0.1) is 12.6 Å². The highest BCUT2D eigenvalue weighted by Gasteiger charge is 2.22. The van der Waals surface area contributed by atoms with E-state index in [0.29, 0.717) is 12.2 Å². The predicted octanol–water partition coefficient (Wildman–Crippen LogP) is 5.90. The number of fused-ring (bicyclic) bond motifs is 1. The van der Waals surface area contributed by atoms with Crippen molar-refractivity contribution in [3.05, 3.63) is 95.7 Å². The van der Waals surface area contributed by atoms with Crippen LogP contribution >= 0.6 is 0 Å². The highest BCUT2D eigenvalue weighted by Crippen LogP contribution is 2.28. The third-order valence-electron chi connectivity index (χ3n) is 5.07. The number of amides is 1. The van der Waals surface area contributed by atoms with Crippen LogP contribution in [0.1, 0.15) is 41.6 Å². The van der Waals surface area contributed by atoms with Gasteiger partial charge in [-0.05, 0) is 49.7 Å². The molecular weight excluding hydrogens is 390 g/mol. The van der Waals surface area contributed by atoms with Gasteiger partial charge in [-0.2, -0.15) is 0 Å². The molecule has 0 bridgehead atoms. The molecule has 0 fully saturated rings. The van der Waals surface area contributed by atoms with Crippen LogP contribution in [0.2, 0.25) is 0 Å². The van der Waals surface area contributed by atoms with Gasteiger partial charge < -0.3 is 19.2 Å². The SMILES string of the molecule is CCOc1ccc(C(C)NC(=O)c2oc3ccccc3c2COc2ccccc2)cc1. The van der Waals surface area contributed by atoms with E-state index in [1.54, 1.807) is 0 Å². The van der Waals surface area contributed by atoms with E-state index in [0.717, 1.165) is 28.0 Å². The summed E-state index contributed by atoms with van der Waals surface area (Å²) in [6.07, 6.45) is 0. The van der Waals surface area contributed by atoms with Crippen molar-refractivity contribution in [2.24, 2.45) is 0 Å². The average Bonchev–Trinajstić information content (AvgIpc) is 3.18. The first kappa shape index (κ1) is 20.5. The van der Waals surface area contributed by atoms with E-state index in [2.05, 4.69) is 5.32 Å². The van der Waals surface area contributed by atoms with Gasteiger partial charge >= 0.3 is 0 Å². The zero-order valence-corrected chi connectivity index (χ0v) is 17.6. The summed E-state index contributed by atoms with van der Waals surface area (Å²) in [6, 6.07) is 24.7. The van der Waals surface area contributed by atoms with Crippen LogP contribution in [-0.2, 0) is 6.61 Å². The number of para-hydroxylation sites is 2. The quantitative estimate of drug-likeness (QED) is 0.389. The summed E-state index contributed by atoms with van der Waals surface area (Å²) in [6.45, 7) is 4.74. The van der Waals surface area contributed by atoms with Crippen LogP contribution < -0.4 is 14.8 Å². The number of benzene rings is 3. The van der Waals surface area contributed by atoms with Crippen LogP contribution in [0.3, 0.4) is 0 Å². The number of hydrogen-bond donors (Lipinski definition) is 1. The van der Waals surface area contributed by atoms with Crippen molar-refractivity contribution < 1.29 is 18.7 Å². The molecule has 1 unspecified atom stereocenters. The van der Waals surface area contributed by atoms with E-state index in [1.807, 2.05) is 92.7 Å². The summed E-state index contributed by atoms with van der Waals surface area (Å²) in [7, 11) is 0. The Balaban J connectivity index is 1.55. The van der Waals surface area contributed by atoms with E-state index in [1.165, 1.54) is 0 Å². The van der Waals surface area contributed by atoms with Gasteiger partial charge in [0.1, 0.15) is 23.7 Å². The van der Waals surface area contributed by atoms with Crippen molar-refractivity contribution >= 4 is 16.9 Å². The summed E-state index contributed by atoms with van der Waals surface area (Å²) in [5.74, 6) is 1.54. The molecule has 158 valence electrons. The number of carbonyl (C=O) groups excluding carboxylic acids is 1. The van der Waals surface area contributed by atoms with Gasteiger partial charge in [0, 0.05) is 10.9 Å². The molecule has 5 heteroatoms. The number of rotatable bonds is 8. The lowest BCUT2D eigenvalue weighted by Crippen LogP contribution is -2.27. The Hall–Kier alpha value is -3.73. The van der Waals surface area contributed by atoms with E-state index >= 15 is 0 Å². The molecule has 0 aliphatic carbocycles. The minimum absolute atomic E-state index is 0.195. The third-order valence-corrected chi connectivity index (χ3v) is 5.07. The fourth-order valence-corrected chi connectivity index (χ4v) is 3.46. The molecule has 5 nitrogen and oxygen atoms in total. The van der Waals surface area contributed by atoms with Gasteiger partial charge in [0.15, 0.2) is 5.76 Å². The second kappa shape index (κ2) is 9.39. The number of hydrogen-bond acceptors (Lipinski definition) is 4. The van der Waals surface area contributed by atoms with Crippen molar-refractivity contribution in [3.8, 4) is 11.5 Å². The molecule has 0 radical (unpaired) electrons. The molecule has 4 rings (SSSR count). The molecule has 1 heterocycles. The van der Waals surface area contributed by atoms with Gasteiger partial charge in [-0.15, -0.1) is 0 Å². The molecule has 1 atom stereocenters. The maximum atomic E-state index is 13.1. The number of nitrogens with one attached hydrogen (secondary N) is 1. The summed E-state index contributed by atoms with van der Waals surface area (Å²) in [5.41, 5.74) is 2.37. The minimum atomic E-state index is -0.274. The summed E-state index contributed by atoms with van der Waals surface area (Å²) in [4.78, 5) is 13.1. The zero-order valence-electron chi connectivity index (χ0n) is 17.6. The van der Waals surface area contributed by atoms with Crippen molar-refractivity contribution in [3.63, 3.8) is 0 Å². The second-order valence-corrected chi connectivity index (χ2v) is 7.20. The fraction of sp³-hybridized carbons (Fsp3) is 0.192. The average molecular weight is 415 g/mol. The highest BCUT2D eigenvalue weighted by molar-refractivity contribution is 5.99. The molecule has 31 heavy (non-hydrogen) atoms. The summed E-state index contributed by atoms with van der Waals surface area (Å²) < 4.78 is 17.3. The van der Waals surface area contributed by atoms with E-state index < -0.39 is 0 Å². The lowest BCUT2D eigenvalue weighted by molar-refractivity contribution is 0.0910. The predicted molar refractivity (Wildman–Crippen MR) is 120 cm³/mol. The Morgan fingerprint density at radius 3 is 2.32 bits per heavy atom. The Morgan fingerprint density at radius 1 is 0.903 bits per heavy atom. The Morgan fingerprint density at radius 2 is 1.58 bits per heavy atom. The van der Waals surface area contributed by atoms with E-state index in [9.17, 15) is 4.79 Å². The Bertz CT molecular complexity index is 1150. The van der Waals surface area contributed by atoms with Crippen LogP contribution in [0.25, 0.3) is 11.0 Å². The maximum Gasteiger partial charge on any atom is 0.287 e. The van der Waals surface area contributed by atoms with E-state index in [-0.39, 0.29) is 24.3 Å². The normalized spacial score (nSPS) is 11.8. The monoisotopic (exact) mass is 415 g/mol. The Kier molecular flexibility index (Phi) is 6.22. The largest absolute Gasteiger partial charge is 0.494 e. The van der Waals surface area contributed by atoms with Crippen molar-refractivity contribution in [2.45, 2.75) is 26.5 Å². The van der Waals surface area contributed by atoms with Crippen LogP contribution in [0, 0.1) is 0 Å². The molecule has 1 aromatic heterocycles. The lowest BCUT2D eigenvalue weighted by atomic mass is 10.1. The second-order valence-electron chi connectivity index (χ2n) is 7.20. The maximum absolute atomic E-state index is 13.1. The molecule has 4 aromatic rings. The first-order valence-corrected chi connectivity index (χ1v) is 10.4. The van der Waals surface area contributed by atoms with Gasteiger partial charge in [0.25, 0.3) is 5.91 Å². The molecule has 0 aliphatic heterocycles. The van der Waals surface area contributed by atoms with Crippen LogP contribution in [0.4, 0.5) is 0 Å². The first-order valence-electron chi connectivity index (χ1n) is 10.4. The van der Waals surface area contributed by atoms with E-state index in [4.69, 9.17) is 13.9 Å². The summed E-state index contributed by atoms with van der Waals surface area (Å²) in [5, 5.41) is 3.91. The standard InChI is InChI=1S/C26H25NO4/c1-3-29-21-15-13-19(14-16-21)18(2)27-26(28)25-23(17-30-20-9-5-4-6-10-20)22-11-7-8-12-24(22)31-25/h4-16,18H,3,17H2,1-2H3,(H,27,28). The van der Waals surface area contributed by atoms with Crippen LogP contribution in [-0.4, -0.2) is 12.5 Å². The fourth-order valence-electron chi connectivity index (χ4n) is 3.46. The van der Waals surface area contributed by atoms with Crippen LogP contribution in [0.15, 0.2) is 83.3 Å². The number of furan rings is 1. The molecular formula is C26H25NO4. The minimum Gasteiger partial charge on any atom is -0.494 e. The number of ether oxygens (including phenoxy) is 2. The molecule has 0 spiro atoms. The van der Waals surface area contributed by atoms with Crippen LogP contribution in [0.5, 0.6) is 11.5 Å². The van der Waals surface area contributed by atoms with Gasteiger partial charge in [-0.25, -0.2) is 0 Å². The Labute approximate surface area is 181 Å². The first-order chi connectivity index (χ1) is 15.2. The topological polar surface area (TPSA) is 60.7 Å². The lowest BCUT2D eigenvalue weighted by Gasteiger charge is -2.15. The molecule has 1 amide bonds. The molecule has 1 N–H and O–H groups in total. The van der Waals surface area contributed by atoms with Crippen molar-refractivity contribution in [1.82, 2.24) is 5.32 Å². The highest BCUT2D eigenvalue weighted by atomic mass is 16.5. The number of carbonyl (C=O) groups is 1. The van der Waals surface area contributed by atoms with Crippen molar-refractivity contribution in [2.75, 3.05) is 6.61 Å².